The van der Waals surface area contributed by atoms with E-state index < -0.39 is 56.8 Å². The van der Waals surface area contributed by atoms with Crippen molar-refractivity contribution in [1.82, 2.24) is 21.3 Å². The highest BCUT2D eigenvalue weighted by atomic mass is 32.2. The SMILES string of the molecule is C.COc1cc2c(cc1OCc1ccccc1)CCN(C(=O)OC(C)(C)C)C2CS(=O)(=O)C1=NNNN1c1ccccc1.COc1cc2c(cc1OCc1ccccc1)CCNC2/C=C/c1cccc(C(F)(F)F)c1.O=Cc1cccc(C(F)(F)F)c1. The average Bonchev–Trinajstić information content (AvgIpc) is 1.78. The van der Waals surface area contributed by atoms with E-state index in [0.717, 1.165) is 65.0 Å². The van der Waals surface area contributed by atoms with Gasteiger partial charge >= 0.3 is 18.4 Å². The summed E-state index contributed by atoms with van der Waals surface area (Å²) in [5, 5.41) is 8.60. The van der Waals surface area contributed by atoms with Crippen LogP contribution in [0, 0.1) is 0 Å². The summed E-state index contributed by atoms with van der Waals surface area (Å²) in [5.74, 6) is 1.85. The van der Waals surface area contributed by atoms with Gasteiger partial charge in [-0.3, -0.25) is 9.69 Å². The Bertz CT molecular complexity index is 3630. The molecule has 0 radical (unpaired) electrons. The number of hydrogen-bond acceptors (Lipinski definition) is 14. The molecule has 460 valence electrons. The highest BCUT2D eigenvalue weighted by Crippen LogP contribution is 2.41. The molecule has 2 unspecified atom stereocenters. The number of para-hydroxylation sites is 1. The van der Waals surface area contributed by atoms with Gasteiger partial charge in [0.2, 0.25) is 9.84 Å². The number of sulfone groups is 1. The normalized spacial score (nSPS) is 15.6. The molecule has 3 aliphatic heterocycles. The van der Waals surface area contributed by atoms with E-state index in [2.05, 4.69) is 21.5 Å². The van der Waals surface area contributed by atoms with Gasteiger partial charge in [0, 0.05) is 18.7 Å². The summed E-state index contributed by atoms with van der Waals surface area (Å²) < 4.78 is 132. The van der Waals surface area contributed by atoms with Crippen LogP contribution in [0.25, 0.3) is 6.08 Å². The molecular formula is C65H68F6N6O9S. The van der Waals surface area contributed by atoms with E-state index >= 15 is 0 Å². The van der Waals surface area contributed by atoms with Gasteiger partial charge in [-0.25, -0.2) is 23.8 Å². The minimum absolute atomic E-state index is 0. The fourth-order valence-electron chi connectivity index (χ4n) is 9.49. The van der Waals surface area contributed by atoms with Crippen LogP contribution in [-0.4, -0.2) is 69.5 Å². The molecule has 0 fully saturated rings. The summed E-state index contributed by atoms with van der Waals surface area (Å²) in [6.45, 7) is 7.12. The first-order valence-electron chi connectivity index (χ1n) is 27.2. The minimum Gasteiger partial charge on any atom is -0.493 e. The standard InChI is InChI=1S/C30H35N5O6S.C26H24F3NO2.C8H5F3O.CH4/c1-30(2,3)41-29(36)34-16-15-22-17-27(40-19-21-11-7-5-8-12-21)26(39-4)18-24(22)25(34)20-42(37,38)28-31-32-33-35(28)23-13-9-6-10-14-23;1-31-24-16-22-20(15-25(24)32-17-19-6-3-2-4-7-19)12-13-30-23(22)11-10-18-8-5-9-21(14-18)26(27,28)29;9-8(10,11)7-3-1-2-6(4-7)5-12;/h5-14,17-18,25,32-33H,15-16,19-20H2,1-4H3;2-11,14-16,23,30H,12-13,17H2,1H3;1-5H;1H4/b;11-10+;;. The number of carbonyl (C=O) groups excluding carboxylic acids is 2. The number of hydrazine groups is 2. The number of aldehydes is 1. The summed E-state index contributed by atoms with van der Waals surface area (Å²) in [5.41, 5.74) is 9.95. The third-order valence-electron chi connectivity index (χ3n) is 13.6. The molecule has 3 aliphatic rings. The molecule has 0 aromatic heterocycles. The summed E-state index contributed by atoms with van der Waals surface area (Å²) in [6, 6.07) is 44.8. The molecule has 0 spiro atoms. The predicted octanol–water partition coefficient (Wildman–Crippen LogP) is 13.7. The zero-order valence-corrected chi connectivity index (χ0v) is 48.4. The van der Waals surface area contributed by atoms with E-state index in [-0.39, 0.29) is 30.7 Å². The molecule has 1 amide bonds. The van der Waals surface area contributed by atoms with E-state index in [0.29, 0.717) is 65.7 Å². The number of amidine groups is 1. The fourth-order valence-corrected chi connectivity index (χ4v) is 11.0. The van der Waals surface area contributed by atoms with Crippen molar-refractivity contribution in [2.45, 2.75) is 84.3 Å². The largest absolute Gasteiger partial charge is 0.493 e. The van der Waals surface area contributed by atoms with Gasteiger partial charge in [-0.2, -0.15) is 26.3 Å². The first kappa shape index (κ1) is 65.7. The van der Waals surface area contributed by atoms with E-state index in [1.54, 1.807) is 70.4 Å². The van der Waals surface area contributed by atoms with Gasteiger partial charge in [0.15, 0.2) is 23.0 Å². The number of hydrazone groups is 1. The summed E-state index contributed by atoms with van der Waals surface area (Å²) in [7, 11) is -0.931. The second-order valence-corrected chi connectivity index (χ2v) is 22.8. The number of fused-ring (bicyclic) bond motifs is 2. The van der Waals surface area contributed by atoms with Crippen LogP contribution in [0.4, 0.5) is 36.8 Å². The van der Waals surface area contributed by atoms with Crippen molar-refractivity contribution in [3.63, 3.8) is 0 Å². The summed E-state index contributed by atoms with van der Waals surface area (Å²) >= 11 is 0. The van der Waals surface area contributed by atoms with E-state index in [9.17, 15) is 44.3 Å². The van der Waals surface area contributed by atoms with Crippen LogP contribution < -0.4 is 40.3 Å². The average molecular weight is 1220 g/mol. The first-order chi connectivity index (χ1) is 41.0. The van der Waals surface area contributed by atoms with Crippen LogP contribution >= 0.6 is 0 Å². The van der Waals surface area contributed by atoms with Crippen LogP contribution in [0.2, 0.25) is 0 Å². The van der Waals surface area contributed by atoms with Crippen molar-refractivity contribution in [2.75, 3.05) is 38.1 Å². The predicted molar refractivity (Wildman–Crippen MR) is 322 cm³/mol. The minimum atomic E-state index is -4.38. The number of methoxy groups -OCH3 is 2. The van der Waals surface area contributed by atoms with Crippen molar-refractivity contribution >= 4 is 39.1 Å². The molecule has 0 saturated carbocycles. The molecule has 2 atom stereocenters. The molecular weight excluding hydrogens is 1150 g/mol. The van der Waals surface area contributed by atoms with Gasteiger partial charge in [0.05, 0.1) is 48.9 Å². The number of alkyl halides is 6. The van der Waals surface area contributed by atoms with Crippen molar-refractivity contribution in [1.29, 1.82) is 0 Å². The molecule has 3 N–H and O–H groups in total. The van der Waals surface area contributed by atoms with E-state index in [1.165, 1.54) is 35.2 Å². The van der Waals surface area contributed by atoms with Crippen LogP contribution in [0.5, 0.6) is 23.0 Å². The molecule has 7 aromatic rings. The van der Waals surface area contributed by atoms with E-state index in [4.69, 9.17) is 23.7 Å². The summed E-state index contributed by atoms with van der Waals surface area (Å²) in [4.78, 5) is 25.0. The zero-order valence-electron chi connectivity index (χ0n) is 47.6. The molecule has 0 saturated heterocycles. The molecule has 10 rings (SSSR count). The quantitative estimate of drug-likeness (QED) is 0.0695. The lowest BCUT2D eigenvalue weighted by Gasteiger charge is -2.38. The first-order valence-corrected chi connectivity index (χ1v) is 28.8. The number of nitrogens with zero attached hydrogens (tertiary/aromatic N) is 3. The third kappa shape index (κ3) is 17.6. The van der Waals surface area contributed by atoms with Crippen molar-refractivity contribution in [3.8, 4) is 23.0 Å². The zero-order chi connectivity index (χ0) is 61.7. The molecule has 7 aromatic carbocycles. The Kier molecular flexibility index (Phi) is 21.9. The molecule has 3 heterocycles. The van der Waals surface area contributed by atoms with Crippen molar-refractivity contribution < 1.29 is 68.0 Å². The summed E-state index contributed by atoms with van der Waals surface area (Å²) in [6.07, 6.45) is -4.03. The molecule has 0 aliphatic carbocycles. The number of ether oxygens (including phenoxy) is 5. The van der Waals surface area contributed by atoms with Crippen LogP contribution in [0.1, 0.15) is 101 Å². The molecule has 22 heteroatoms. The van der Waals surface area contributed by atoms with Gasteiger partial charge < -0.3 is 29.0 Å². The Labute approximate surface area is 502 Å². The lowest BCUT2D eigenvalue weighted by molar-refractivity contribution is -0.138. The van der Waals surface area contributed by atoms with Crippen LogP contribution in [0.3, 0.4) is 0 Å². The van der Waals surface area contributed by atoms with Gasteiger partial charge in [-0.15, -0.1) is 10.6 Å². The molecule has 15 nitrogen and oxygen atoms in total. The second-order valence-electron chi connectivity index (χ2n) is 20.9. The van der Waals surface area contributed by atoms with Gasteiger partial charge in [0.1, 0.15) is 25.1 Å². The maximum absolute atomic E-state index is 13.9. The van der Waals surface area contributed by atoms with Gasteiger partial charge in [-0.1, -0.05) is 123 Å². The van der Waals surface area contributed by atoms with Crippen LogP contribution in [-0.2, 0) is 53.0 Å². The van der Waals surface area contributed by atoms with Crippen LogP contribution in [0.15, 0.2) is 175 Å². The number of carbonyl (C=O) groups is 2. The topological polar surface area (TPSA) is 169 Å². The van der Waals surface area contributed by atoms with Crippen molar-refractivity contribution in [3.05, 3.63) is 226 Å². The maximum Gasteiger partial charge on any atom is 0.416 e. The Hall–Kier alpha value is -8.86. The molecule has 87 heavy (non-hydrogen) atoms. The second kappa shape index (κ2) is 29.0. The van der Waals surface area contributed by atoms with Gasteiger partial charge in [-0.05, 0) is 133 Å². The van der Waals surface area contributed by atoms with Crippen molar-refractivity contribution in [2.24, 2.45) is 5.10 Å². The number of benzene rings is 7. The lowest BCUT2D eigenvalue weighted by Crippen LogP contribution is -2.48. The number of hydrogen-bond donors (Lipinski definition) is 3. The van der Waals surface area contributed by atoms with Gasteiger partial charge in [0.25, 0.3) is 5.17 Å². The lowest BCUT2D eigenvalue weighted by atomic mass is 9.93. The fraction of sp³-hybridized carbons (Fsp3) is 0.277. The Morgan fingerprint density at radius 1 is 0.655 bits per heavy atom. The Balaban J connectivity index is 0.000000211. The number of halogens is 6. The Morgan fingerprint density at radius 3 is 1.70 bits per heavy atom. The smallest absolute Gasteiger partial charge is 0.416 e. The number of rotatable bonds is 14. The number of amides is 1. The highest BCUT2D eigenvalue weighted by Gasteiger charge is 2.41. The Morgan fingerprint density at radius 2 is 1.17 bits per heavy atom. The maximum atomic E-state index is 13.9. The number of anilines is 1. The third-order valence-corrected chi connectivity index (χ3v) is 15.2. The highest BCUT2D eigenvalue weighted by molar-refractivity contribution is 8.06. The molecule has 0 bridgehead atoms. The van der Waals surface area contributed by atoms with E-state index in [1.807, 2.05) is 91.0 Å². The monoisotopic (exact) mass is 1220 g/mol. The number of nitrogens with one attached hydrogen (secondary N) is 3.